The lowest BCUT2D eigenvalue weighted by Crippen LogP contribution is -2.02. The third-order valence-electron chi connectivity index (χ3n) is 3.98. The highest BCUT2D eigenvalue weighted by molar-refractivity contribution is 5.85. The summed E-state index contributed by atoms with van der Waals surface area (Å²) in [7, 11) is 1.93. The van der Waals surface area contributed by atoms with Gasteiger partial charge in [-0.05, 0) is 30.3 Å². The molecule has 0 aliphatic carbocycles. The average molecular weight is 330 g/mol. The second kappa shape index (κ2) is 6.13. The maximum Gasteiger partial charge on any atom is 0.146 e. The Hall–Kier alpha value is -3.59. The number of hydrogen-bond acceptors (Lipinski definition) is 5. The summed E-state index contributed by atoms with van der Waals surface area (Å²) in [6.45, 7) is 0.392. The Morgan fingerprint density at radius 3 is 2.96 bits per heavy atom. The first-order valence-electron chi connectivity index (χ1n) is 7.71. The SMILES string of the molecule is Cn1ccnc1COc1ccc2oc(-c3ccncc3C#N)cc2c1. The van der Waals surface area contributed by atoms with Crippen LogP contribution in [0.1, 0.15) is 11.4 Å². The molecular weight excluding hydrogens is 316 g/mol. The molecule has 0 unspecified atom stereocenters. The smallest absolute Gasteiger partial charge is 0.146 e. The summed E-state index contributed by atoms with van der Waals surface area (Å²) in [5, 5.41) is 10.1. The molecule has 0 saturated heterocycles. The van der Waals surface area contributed by atoms with Gasteiger partial charge in [-0.1, -0.05) is 0 Å². The van der Waals surface area contributed by atoms with Gasteiger partial charge in [0, 0.05) is 42.8 Å². The molecule has 0 saturated carbocycles. The molecule has 1 aromatic carbocycles. The maximum absolute atomic E-state index is 9.22. The Morgan fingerprint density at radius 2 is 2.16 bits per heavy atom. The summed E-state index contributed by atoms with van der Waals surface area (Å²) in [6.07, 6.45) is 6.80. The molecule has 25 heavy (non-hydrogen) atoms. The number of fused-ring (bicyclic) bond motifs is 1. The van der Waals surface area contributed by atoms with Gasteiger partial charge in [-0.2, -0.15) is 5.26 Å². The van der Waals surface area contributed by atoms with Crippen molar-refractivity contribution in [1.29, 1.82) is 5.26 Å². The van der Waals surface area contributed by atoms with Crippen molar-refractivity contribution in [2.75, 3.05) is 0 Å². The topological polar surface area (TPSA) is 76.9 Å². The molecule has 0 radical (unpaired) electrons. The third kappa shape index (κ3) is 2.83. The highest BCUT2D eigenvalue weighted by atomic mass is 16.5. The van der Waals surface area contributed by atoms with Crippen LogP contribution < -0.4 is 4.74 Å². The van der Waals surface area contributed by atoms with E-state index >= 15 is 0 Å². The van der Waals surface area contributed by atoms with Gasteiger partial charge in [0.25, 0.3) is 0 Å². The molecule has 3 heterocycles. The van der Waals surface area contributed by atoms with Crippen LogP contribution in [0.2, 0.25) is 0 Å². The second-order valence-electron chi connectivity index (χ2n) is 5.59. The number of ether oxygens (including phenoxy) is 1. The first kappa shape index (κ1) is 15.0. The van der Waals surface area contributed by atoms with Crippen LogP contribution in [0, 0.1) is 11.3 Å². The van der Waals surface area contributed by atoms with Crippen LogP contribution in [-0.2, 0) is 13.7 Å². The fourth-order valence-electron chi connectivity index (χ4n) is 2.63. The molecule has 0 N–H and O–H groups in total. The van der Waals surface area contributed by atoms with Gasteiger partial charge in [0.05, 0.1) is 5.56 Å². The van der Waals surface area contributed by atoms with Gasteiger partial charge in [-0.25, -0.2) is 4.98 Å². The molecule has 0 aliphatic heterocycles. The third-order valence-corrected chi connectivity index (χ3v) is 3.98. The average Bonchev–Trinajstić information content (AvgIpc) is 3.25. The van der Waals surface area contributed by atoms with Crippen LogP contribution in [0.4, 0.5) is 0 Å². The van der Waals surface area contributed by atoms with E-state index in [0.29, 0.717) is 17.9 Å². The van der Waals surface area contributed by atoms with E-state index in [0.717, 1.165) is 28.1 Å². The standard InChI is InChI=1S/C19H14N4O2/c1-23-7-6-22-19(23)12-24-15-2-3-17-13(8-15)9-18(25-17)16-4-5-21-11-14(16)10-20/h2-9,11H,12H2,1H3. The van der Waals surface area contributed by atoms with Gasteiger partial charge < -0.3 is 13.7 Å². The lowest BCUT2D eigenvalue weighted by atomic mass is 10.1. The van der Waals surface area contributed by atoms with Crippen LogP contribution in [0.3, 0.4) is 0 Å². The lowest BCUT2D eigenvalue weighted by Gasteiger charge is -2.05. The lowest BCUT2D eigenvalue weighted by molar-refractivity contribution is 0.292. The van der Waals surface area contributed by atoms with Crippen LogP contribution in [-0.4, -0.2) is 14.5 Å². The fourth-order valence-corrected chi connectivity index (χ4v) is 2.63. The summed E-state index contributed by atoms with van der Waals surface area (Å²) in [5.41, 5.74) is 1.94. The number of imidazole rings is 1. The zero-order valence-corrected chi connectivity index (χ0v) is 13.5. The number of pyridine rings is 1. The molecule has 122 valence electrons. The Balaban J connectivity index is 1.63. The zero-order valence-electron chi connectivity index (χ0n) is 13.5. The van der Waals surface area contributed by atoms with E-state index in [2.05, 4.69) is 16.0 Å². The summed E-state index contributed by atoms with van der Waals surface area (Å²) in [6, 6.07) is 11.4. The number of nitrogens with zero attached hydrogens (tertiary/aromatic N) is 4. The van der Waals surface area contributed by atoms with Crippen LogP contribution in [0.25, 0.3) is 22.3 Å². The van der Waals surface area contributed by atoms with Gasteiger partial charge in [0.1, 0.15) is 35.6 Å². The first-order chi connectivity index (χ1) is 12.2. The monoisotopic (exact) mass is 330 g/mol. The summed E-state index contributed by atoms with van der Waals surface area (Å²) in [4.78, 5) is 8.21. The van der Waals surface area contributed by atoms with Crippen LogP contribution in [0.5, 0.6) is 5.75 Å². The molecular formula is C19H14N4O2. The van der Waals surface area contributed by atoms with E-state index in [1.54, 1.807) is 18.5 Å². The van der Waals surface area contributed by atoms with Crippen LogP contribution >= 0.6 is 0 Å². The fraction of sp³-hybridized carbons (Fsp3) is 0.105. The van der Waals surface area contributed by atoms with E-state index in [1.807, 2.05) is 42.1 Å². The molecule has 0 spiro atoms. The Labute approximate surface area is 143 Å². The van der Waals surface area contributed by atoms with Crippen molar-refractivity contribution < 1.29 is 9.15 Å². The molecule has 3 aromatic heterocycles. The van der Waals surface area contributed by atoms with Gasteiger partial charge in [-0.15, -0.1) is 0 Å². The molecule has 0 atom stereocenters. The largest absolute Gasteiger partial charge is 0.486 e. The highest BCUT2D eigenvalue weighted by Gasteiger charge is 2.11. The molecule has 0 bridgehead atoms. The molecule has 0 fully saturated rings. The van der Waals surface area contributed by atoms with E-state index in [4.69, 9.17) is 9.15 Å². The minimum atomic E-state index is 0.392. The van der Waals surface area contributed by atoms with Crippen molar-refractivity contribution in [3.8, 4) is 23.1 Å². The number of nitriles is 1. The van der Waals surface area contributed by atoms with E-state index in [1.165, 1.54) is 6.20 Å². The van der Waals surface area contributed by atoms with E-state index < -0.39 is 0 Å². The van der Waals surface area contributed by atoms with E-state index in [9.17, 15) is 5.26 Å². The van der Waals surface area contributed by atoms with E-state index in [-0.39, 0.29) is 0 Å². The number of hydrogen-bond donors (Lipinski definition) is 0. The number of rotatable bonds is 4. The number of benzene rings is 1. The maximum atomic E-state index is 9.22. The summed E-state index contributed by atoms with van der Waals surface area (Å²) >= 11 is 0. The second-order valence-corrected chi connectivity index (χ2v) is 5.59. The Kier molecular flexibility index (Phi) is 3.67. The van der Waals surface area contributed by atoms with Gasteiger partial charge >= 0.3 is 0 Å². The zero-order chi connectivity index (χ0) is 17.2. The quantitative estimate of drug-likeness (QED) is 0.570. The molecule has 4 aromatic rings. The van der Waals surface area contributed by atoms with Crippen LogP contribution in [0.15, 0.2) is 59.5 Å². The van der Waals surface area contributed by atoms with Crippen molar-refractivity contribution >= 4 is 11.0 Å². The first-order valence-corrected chi connectivity index (χ1v) is 7.71. The van der Waals surface area contributed by atoms with Gasteiger partial charge in [-0.3, -0.25) is 4.98 Å². The minimum Gasteiger partial charge on any atom is -0.486 e. The number of aromatic nitrogens is 3. The molecule has 6 nitrogen and oxygen atoms in total. The highest BCUT2D eigenvalue weighted by Crippen LogP contribution is 2.31. The molecule has 0 aliphatic rings. The van der Waals surface area contributed by atoms with Crippen molar-refractivity contribution in [3.05, 3.63) is 66.5 Å². The van der Waals surface area contributed by atoms with Crippen molar-refractivity contribution in [3.63, 3.8) is 0 Å². The predicted octanol–water partition coefficient (Wildman–Crippen LogP) is 3.68. The van der Waals surface area contributed by atoms with Gasteiger partial charge in [0.2, 0.25) is 0 Å². The molecule has 6 heteroatoms. The minimum absolute atomic E-state index is 0.392. The number of furan rings is 1. The van der Waals surface area contributed by atoms with Crippen molar-refractivity contribution in [2.45, 2.75) is 6.61 Å². The molecule has 4 rings (SSSR count). The number of aryl methyl sites for hydroxylation is 1. The Morgan fingerprint density at radius 1 is 1.24 bits per heavy atom. The molecule has 0 amide bonds. The van der Waals surface area contributed by atoms with Crippen molar-refractivity contribution in [2.24, 2.45) is 7.05 Å². The van der Waals surface area contributed by atoms with Gasteiger partial charge in [0.15, 0.2) is 0 Å². The summed E-state index contributed by atoms with van der Waals surface area (Å²) in [5.74, 6) is 2.22. The van der Waals surface area contributed by atoms with Crippen molar-refractivity contribution in [1.82, 2.24) is 14.5 Å². The Bertz CT molecular complexity index is 1090. The summed E-state index contributed by atoms with van der Waals surface area (Å²) < 4.78 is 13.6. The predicted molar refractivity (Wildman–Crippen MR) is 91.7 cm³/mol. The normalized spacial score (nSPS) is 10.7.